The summed E-state index contributed by atoms with van der Waals surface area (Å²) < 4.78 is 1.94. The number of rotatable bonds is 4. The Morgan fingerprint density at radius 3 is 2.42 bits per heavy atom. The monoisotopic (exact) mass is 349 g/mol. The Morgan fingerprint density at radius 1 is 0.923 bits per heavy atom. The van der Waals surface area contributed by atoms with E-state index in [9.17, 15) is 10.2 Å². The molecular weight excluding hydrogens is 326 g/mol. The number of hydrogen-bond acceptors (Lipinski definition) is 4. The van der Waals surface area contributed by atoms with Gasteiger partial charge in [-0.1, -0.05) is 18.6 Å². The molecule has 1 aliphatic rings. The summed E-state index contributed by atoms with van der Waals surface area (Å²) in [5, 5.41) is 19.6. The highest BCUT2D eigenvalue weighted by atomic mass is 16.3. The van der Waals surface area contributed by atoms with Crippen LogP contribution in [0.25, 0.3) is 17.1 Å². The van der Waals surface area contributed by atoms with Crippen molar-refractivity contribution in [2.45, 2.75) is 25.8 Å². The Hall–Kier alpha value is -2.79. The first-order chi connectivity index (χ1) is 12.7. The molecule has 0 radical (unpaired) electrons. The van der Waals surface area contributed by atoms with Crippen molar-refractivity contribution in [3.05, 3.63) is 60.4 Å². The molecule has 0 atom stereocenters. The summed E-state index contributed by atoms with van der Waals surface area (Å²) in [7, 11) is 0. The number of nitrogens with zero attached hydrogens (tertiary/aromatic N) is 3. The highest BCUT2D eigenvalue weighted by Gasteiger charge is 2.13. The van der Waals surface area contributed by atoms with Crippen molar-refractivity contribution in [2.75, 3.05) is 13.1 Å². The predicted molar refractivity (Wildman–Crippen MR) is 101 cm³/mol. The van der Waals surface area contributed by atoms with Gasteiger partial charge in [0.05, 0.1) is 5.56 Å². The molecule has 2 N–H and O–H groups in total. The molecule has 1 saturated heterocycles. The summed E-state index contributed by atoms with van der Waals surface area (Å²) in [6.45, 7) is 3.37. The van der Waals surface area contributed by atoms with Gasteiger partial charge in [-0.3, -0.25) is 9.47 Å². The van der Waals surface area contributed by atoms with Crippen molar-refractivity contribution in [3.8, 4) is 28.6 Å². The summed E-state index contributed by atoms with van der Waals surface area (Å²) in [4.78, 5) is 6.89. The van der Waals surface area contributed by atoms with Crippen LogP contribution in [0.3, 0.4) is 0 Å². The Bertz CT molecular complexity index is 881. The summed E-state index contributed by atoms with van der Waals surface area (Å²) >= 11 is 0. The van der Waals surface area contributed by atoms with E-state index in [1.165, 1.54) is 44.0 Å². The van der Waals surface area contributed by atoms with Crippen LogP contribution >= 0.6 is 0 Å². The number of phenols is 2. The van der Waals surface area contributed by atoms with Crippen LogP contribution in [0.5, 0.6) is 11.5 Å². The van der Waals surface area contributed by atoms with Crippen LogP contribution in [0.2, 0.25) is 0 Å². The van der Waals surface area contributed by atoms with Crippen molar-refractivity contribution in [1.29, 1.82) is 0 Å². The molecule has 1 fully saturated rings. The van der Waals surface area contributed by atoms with Gasteiger partial charge < -0.3 is 10.2 Å². The summed E-state index contributed by atoms with van der Waals surface area (Å²) in [5.74, 6) is 0.692. The molecule has 5 nitrogen and oxygen atoms in total. The molecular formula is C21H23N3O2. The lowest BCUT2D eigenvalue weighted by Crippen LogP contribution is -2.29. The normalized spacial score (nSPS) is 15.2. The van der Waals surface area contributed by atoms with E-state index in [0.29, 0.717) is 11.4 Å². The number of piperidine rings is 1. The Labute approximate surface area is 153 Å². The van der Waals surface area contributed by atoms with E-state index in [1.54, 1.807) is 18.3 Å². The molecule has 0 spiro atoms. The zero-order valence-corrected chi connectivity index (χ0v) is 14.7. The molecule has 4 rings (SSSR count). The number of hydrogen-bond donors (Lipinski definition) is 2. The minimum Gasteiger partial charge on any atom is -0.508 e. The Morgan fingerprint density at radius 2 is 1.69 bits per heavy atom. The van der Waals surface area contributed by atoms with Gasteiger partial charge in [0.25, 0.3) is 0 Å². The molecule has 134 valence electrons. The van der Waals surface area contributed by atoms with Gasteiger partial charge in [-0.05, 0) is 55.8 Å². The van der Waals surface area contributed by atoms with E-state index >= 15 is 0 Å². The van der Waals surface area contributed by atoms with E-state index in [4.69, 9.17) is 0 Å². The van der Waals surface area contributed by atoms with E-state index in [1.807, 2.05) is 10.8 Å². The number of likely N-dealkylation sites (tertiary alicyclic amines) is 1. The van der Waals surface area contributed by atoms with Crippen molar-refractivity contribution in [2.24, 2.45) is 0 Å². The summed E-state index contributed by atoms with van der Waals surface area (Å²) in [6, 6.07) is 13.0. The minimum absolute atomic E-state index is 0.0131. The topological polar surface area (TPSA) is 61.5 Å². The fraction of sp³-hybridized carbons (Fsp3) is 0.286. The minimum atomic E-state index is 0.0131. The van der Waals surface area contributed by atoms with Crippen molar-refractivity contribution in [3.63, 3.8) is 0 Å². The molecule has 2 aromatic carbocycles. The average molecular weight is 349 g/mol. The first-order valence-corrected chi connectivity index (χ1v) is 9.08. The third kappa shape index (κ3) is 3.44. The number of benzene rings is 2. The first kappa shape index (κ1) is 16.7. The average Bonchev–Trinajstić information content (AvgIpc) is 3.13. The Balaban J connectivity index is 1.57. The second-order valence-corrected chi connectivity index (χ2v) is 6.83. The van der Waals surface area contributed by atoms with Crippen LogP contribution in [-0.2, 0) is 6.54 Å². The van der Waals surface area contributed by atoms with Gasteiger partial charge in [-0.2, -0.15) is 0 Å². The zero-order valence-electron chi connectivity index (χ0n) is 14.7. The van der Waals surface area contributed by atoms with E-state index < -0.39 is 0 Å². The smallest absolute Gasteiger partial charge is 0.148 e. The second-order valence-electron chi connectivity index (χ2n) is 6.83. The number of phenolic OH excluding ortho intramolecular Hbond substituents is 2. The maximum Gasteiger partial charge on any atom is 0.148 e. The third-order valence-electron chi connectivity index (χ3n) is 4.93. The zero-order chi connectivity index (χ0) is 17.9. The van der Waals surface area contributed by atoms with E-state index in [-0.39, 0.29) is 11.5 Å². The van der Waals surface area contributed by atoms with Gasteiger partial charge in [0.15, 0.2) is 0 Å². The molecule has 0 aliphatic carbocycles. The molecule has 1 aliphatic heterocycles. The van der Waals surface area contributed by atoms with E-state index in [2.05, 4.69) is 34.1 Å². The molecule has 0 unspecified atom stereocenters. The largest absolute Gasteiger partial charge is 0.508 e. The number of aromatic nitrogens is 2. The molecule has 2 heterocycles. The van der Waals surface area contributed by atoms with Gasteiger partial charge in [-0.15, -0.1) is 0 Å². The molecule has 0 amide bonds. The first-order valence-electron chi connectivity index (χ1n) is 9.08. The molecule has 0 saturated carbocycles. The lowest BCUT2D eigenvalue weighted by molar-refractivity contribution is 0.221. The fourth-order valence-corrected chi connectivity index (χ4v) is 3.56. The van der Waals surface area contributed by atoms with Crippen LogP contribution in [-0.4, -0.2) is 37.8 Å². The van der Waals surface area contributed by atoms with E-state index in [0.717, 1.165) is 12.2 Å². The van der Waals surface area contributed by atoms with Crippen molar-refractivity contribution < 1.29 is 10.2 Å². The van der Waals surface area contributed by atoms with Gasteiger partial charge >= 0.3 is 0 Å². The Kier molecular flexibility index (Phi) is 4.63. The molecule has 26 heavy (non-hydrogen) atoms. The summed E-state index contributed by atoms with van der Waals surface area (Å²) in [5.41, 5.74) is 2.89. The van der Waals surface area contributed by atoms with Crippen LogP contribution < -0.4 is 0 Å². The molecule has 1 aromatic heterocycles. The van der Waals surface area contributed by atoms with Crippen LogP contribution in [0, 0.1) is 0 Å². The quantitative estimate of drug-likeness (QED) is 0.749. The second kappa shape index (κ2) is 7.22. The maximum atomic E-state index is 10.1. The van der Waals surface area contributed by atoms with Gasteiger partial charge in [0.1, 0.15) is 17.3 Å². The summed E-state index contributed by atoms with van der Waals surface area (Å²) in [6.07, 6.45) is 7.53. The van der Waals surface area contributed by atoms with Crippen LogP contribution in [0.1, 0.15) is 24.8 Å². The maximum absolute atomic E-state index is 10.1. The SMILES string of the molecule is Oc1ccc(-c2nccn2-c2ccc(CN3CCCCC3)cc2)c(O)c1. The lowest BCUT2D eigenvalue weighted by Gasteiger charge is -2.26. The number of aromatic hydroxyl groups is 2. The van der Waals surface area contributed by atoms with Crippen LogP contribution in [0.4, 0.5) is 0 Å². The molecule has 3 aromatic rings. The predicted octanol–water partition coefficient (Wildman–Crippen LogP) is 3.94. The van der Waals surface area contributed by atoms with Crippen molar-refractivity contribution >= 4 is 0 Å². The lowest BCUT2D eigenvalue weighted by atomic mass is 10.1. The third-order valence-corrected chi connectivity index (χ3v) is 4.93. The van der Waals surface area contributed by atoms with Gasteiger partial charge in [0.2, 0.25) is 0 Å². The van der Waals surface area contributed by atoms with Gasteiger partial charge in [0, 0.05) is 30.7 Å². The highest BCUT2D eigenvalue weighted by molar-refractivity contribution is 5.67. The molecule has 5 heteroatoms. The standard InChI is InChI=1S/C21H23N3O2/c25-18-8-9-19(20(26)14-18)21-22-10-13-24(21)17-6-4-16(5-7-17)15-23-11-2-1-3-12-23/h4-10,13-14,25-26H,1-3,11-12,15H2. The fourth-order valence-electron chi connectivity index (χ4n) is 3.56. The number of imidazole rings is 1. The van der Waals surface area contributed by atoms with Crippen LogP contribution in [0.15, 0.2) is 54.9 Å². The van der Waals surface area contributed by atoms with Gasteiger partial charge in [-0.25, -0.2) is 4.98 Å². The highest BCUT2D eigenvalue weighted by Crippen LogP contribution is 2.32. The van der Waals surface area contributed by atoms with Crippen molar-refractivity contribution in [1.82, 2.24) is 14.5 Å². The molecule has 0 bridgehead atoms.